The summed E-state index contributed by atoms with van der Waals surface area (Å²) in [6.07, 6.45) is 5.52. The first-order valence-electron chi connectivity index (χ1n) is 9.97. The number of carbonyl (C=O) groups excluding carboxylic acids is 1. The Bertz CT molecular complexity index is 877. The first-order valence-corrected chi connectivity index (χ1v) is 9.97. The molecule has 2 aromatic rings. The number of aromatic nitrogens is 1. The minimum absolute atomic E-state index is 0.0399. The van der Waals surface area contributed by atoms with E-state index in [2.05, 4.69) is 15.2 Å². The molecule has 0 aliphatic carbocycles. The van der Waals surface area contributed by atoms with E-state index in [0.717, 1.165) is 24.9 Å². The maximum Gasteiger partial charge on any atom is 0.224 e. The molecule has 1 aromatic heterocycles. The SMILES string of the molecule is O=C(Cc1ccccc1)NC[C@H]1[C@H]2CN(c3ccncc3F)C[C@]23CC[C@H]1O3. The highest BCUT2D eigenvalue weighted by atomic mass is 19.1. The van der Waals surface area contributed by atoms with Gasteiger partial charge in [-0.2, -0.15) is 0 Å². The molecule has 0 radical (unpaired) electrons. The molecular weight excluding hydrogens is 357 g/mol. The molecule has 28 heavy (non-hydrogen) atoms. The summed E-state index contributed by atoms with van der Waals surface area (Å²) < 4.78 is 20.6. The maximum absolute atomic E-state index is 14.2. The summed E-state index contributed by atoms with van der Waals surface area (Å²) >= 11 is 0. The Hall–Kier alpha value is -2.47. The number of fused-ring (bicyclic) bond motifs is 1. The fourth-order valence-corrected chi connectivity index (χ4v) is 5.35. The van der Waals surface area contributed by atoms with Gasteiger partial charge in [0.2, 0.25) is 5.91 Å². The summed E-state index contributed by atoms with van der Waals surface area (Å²) in [6, 6.07) is 11.5. The van der Waals surface area contributed by atoms with Gasteiger partial charge in [0.25, 0.3) is 0 Å². The molecule has 2 bridgehead atoms. The third kappa shape index (κ3) is 2.96. The third-order valence-electron chi connectivity index (χ3n) is 6.62. The van der Waals surface area contributed by atoms with Crippen LogP contribution in [0.25, 0.3) is 0 Å². The summed E-state index contributed by atoms with van der Waals surface area (Å²) in [5.41, 5.74) is 1.41. The van der Waals surface area contributed by atoms with Crippen LogP contribution in [0.2, 0.25) is 0 Å². The van der Waals surface area contributed by atoms with Gasteiger partial charge in [-0.1, -0.05) is 30.3 Å². The number of carbonyl (C=O) groups is 1. The molecule has 0 saturated carbocycles. The van der Waals surface area contributed by atoms with E-state index < -0.39 is 0 Å². The zero-order valence-corrected chi connectivity index (χ0v) is 15.7. The van der Waals surface area contributed by atoms with Crippen LogP contribution in [0.1, 0.15) is 18.4 Å². The van der Waals surface area contributed by atoms with Crippen molar-refractivity contribution in [3.63, 3.8) is 0 Å². The van der Waals surface area contributed by atoms with Crippen LogP contribution in [0, 0.1) is 17.7 Å². The maximum atomic E-state index is 14.2. The number of pyridine rings is 1. The number of anilines is 1. The van der Waals surface area contributed by atoms with Crippen molar-refractivity contribution in [2.75, 3.05) is 24.5 Å². The Balaban J connectivity index is 1.26. The van der Waals surface area contributed by atoms with E-state index in [1.54, 1.807) is 12.3 Å². The molecule has 4 atom stereocenters. The van der Waals surface area contributed by atoms with Gasteiger partial charge in [-0.05, 0) is 24.5 Å². The average Bonchev–Trinajstić information content (AvgIpc) is 3.36. The predicted molar refractivity (Wildman–Crippen MR) is 103 cm³/mol. The summed E-state index contributed by atoms with van der Waals surface area (Å²) in [5.74, 6) is 0.346. The lowest BCUT2D eigenvalue weighted by atomic mass is 9.73. The van der Waals surface area contributed by atoms with Crippen molar-refractivity contribution in [1.29, 1.82) is 0 Å². The Morgan fingerprint density at radius 1 is 1.32 bits per heavy atom. The van der Waals surface area contributed by atoms with Crippen LogP contribution in [-0.4, -0.2) is 42.2 Å². The minimum Gasteiger partial charge on any atom is -0.369 e. The number of halogens is 1. The lowest BCUT2D eigenvalue weighted by Crippen LogP contribution is -2.42. The molecule has 4 heterocycles. The first kappa shape index (κ1) is 17.6. The fourth-order valence-electron chi connectivity index (χ4n) is 5.35. The topological polar surface area (TPSA) is 54.5 Å². The smallest absolute Gasteiger partial charge is 0.224 e. The van der Waals surface area contributed by atoms with Gasteiger partial charge < -0.3 is 15.0 Å². The van der Waals surface area contributed by atoms with Crippen molar-refractivity contribution in [1.82, 2.24) is 10.3 Å². The number of ether oxygens (including phenoxy) is 1. The second kappa shape index (κ2) is 6.85. The number of rotatable bonds is 5. The van der Waals surface area contributed by atoms with E-state index >= 15 is 0 Å². The van der Waals surface area contributed by atoms with Crippen LogP contribution in [0.15, 0.2) is 48.8 Å². The van der Waals surface area contributed by atoms with Crippen LogP contribution >= 0.6 is 0 Å². The highest BCUT2D eigenvalue weighted by Gasteiger charge is 2.63. The summed E-state index contributed by atoms with van der Waals surface area (Å²) in [4.78, 5) is 18.3. The second-order valence-electron chi connectivity index (χ2n) is 8.20. The second-order valence-corrected chi connectivity index (χ2v) is 8.20. The lowest BCUT2D eigenvalue weighted by molar-refractivity contribution is -0.120. The van der Waals surface area contributed by atoms with Crippen molar-refractivity contribution >= 4 is 11.6 Å². The molecule has 3 fully saturated rings. The van der Waals surface area contributed by atoms with Gasteiger partial charge in [0.15, 0.2) is 5.82 Å². The third-order valence-corrected chi connectivity index (χ3v) is 6.62. The van der Waals surface area contributed by atoms with Gasteiger partial charge in [0.05, 0.1) is 30.0 Å². The van der Waals surface area contributed by atoms with Gasteiger partial charge in [0, 0.05) is 37.7 Å². The van der Waals surface area contributed by atoms with Crippen LogP contribution < -0.4 is 10.2 Å². The predicted octanol–water partition coefficient (Wildman–Crippen LogP) is 2.56. The molecule has 5 rings (SSSR count). The zero-order valence-electron chi connectivity index (χ0n) is 15.7. The molecule has 3 aliphatic rings. The Morgan fingerprint density at radius 2 is 2.18 bits per heavy atom. The molecule has 1 aromatic carbocycles. The van der Waals surface area contributed by atoms with Crippen LogP contribution in [0.4, 0.5) is 10.1 Å². The van der Waals surface area contributed by atoms with Crippen molar-refractivity contribution < 1.29 is 13.9 Å². The monoisotopic (exact) mass is 381 g/mol. The summed E-state index contributed by atoms with van der Waals surface area (Å²) in [5, 5.41) is 3.11. The van der Waals surface area contributed by atoms with E-state index in [-0.39, 0.29) is 29.3 Å². The van der Waals surface area contributed by atoms with Crippen molar-refractivity contribution in [2.24, 2.45) is 11.8 Å². The molecule has 146 valence electrons. The number of amides is 1. The minimum atomic E-state index is -0.291. The zero-order chi connectivity index (χ0) is 19.1. The molecule has 1 spiro atoms. The van der Waals surface area contributed by atoms with Gasteiger partial charge in [-0.15, -0.1) is 0 Å². The summed E-state index contributed by atoms with van der Waals surface area (Å²) in [6.45, 7) is 2.09. The summed E-state index contributed by atoms with van der Waals surface area (Å²) in [7, 11) is 0. The molecule has 3 aliphatic heterocycles. The highest BCUT2D eigenvalue weighted by Crippen LogP contribution is 2.55. The number of nitrogens with one attached hydrogen (secondary N) is 1. The van der Waals surface area contributed by atoms with E-state index in [0.29, 0.717) is 31.1 Å². The van der Waals surface area contributed by atoms with Crippen molar-refractivity contribution in [3.8, 4) is 0 Å². The molecule has 1 N–H and O–H groups in total. The van der Waals surface area contributed by atoms with E-state index in [4.69, 9.17) is 4.74 Å². The standard InChI is InChI=1S/C22H24FN3O2/c23-18-12-24-9-7-19(18)26-13-17-16(20-6-8-22(17,14-26)28-20)11-25-21(27)10-15-4-2-1-3-5-15/h1-5,7,9,12,16-17,20H,6,8,10-11,13-14H2,(H,25,27)/t16-,17+,20+,22+/m0/s1. The number of nitrogens with zero attached hydrogens (tertiary/aromatic N) is 2. The van der Waals surface area contributed by atoms with Crippen LogP contribution in [0.5, 0.6) is 0 Å². The number of hydrogen-bond donors (Lipinski definition) is 1. The largest absolute Gasteiger partial charge is 0.369 e. The van der Waals surface area contributed by atoms with E-state index in [1.165, 1.54) is 6.20 Å². The van der Waals surface area contributed by atoms with Gasteiger partial charge in [0.1, 0.15) is 0 Å². The molecular formula is C22H24FN3O2. The Morgan fingerprint density at radius 3 is 3.00 bits per heavy atom. The molecule has 0 unspecified atom stereocenters. The van der Waals surface area contributed by atoms with Gasteiger partial charge in [-0.25, -0.2) is 4.39 Å². The molecule has 3 saturated heterocycles. The lowest BCUT2D eigenvalue weighted by Gasteiger charge is -2.29. The quantitative estimate of drug-likeness (QED) is 0.865. The van der Waals surface area contributed by atoms with Crippen molar-refractivity contribution in [2.45, 2.75) is 31.0 Å². The van der Waals surface area contributed by atoms with Crippen LogP contribution in [-0.2, 0) is 16.0 Å². The highest BCUT2D eigenvalue weighted by molar-refractivity contribution is 5.78. The van der Waals surface area contributed by atoms with Crippen LogP contribution in [0.3, 0.4) is 0 Å². The molecule has 5 nitrogen and oxygen atoms in total. The van der Waals surface area contributed by atoms with E-state index in [9.17, 15) is 9.18 Å². The normalized spacial score (nSPS) is 30.5. The van der Waals surface area contributed by atoms with Gasteiger partial charge in [-0.3, -0.25) is 9.78 Å². The van der Waals surface area contributed by atoms with Crippen molar-refractivity contribution in [3.05, 3.63) is 60.2 Å². The fraction of sp³-hybridized carbons (Fsp3) is 0.455. The van der Waals surface area contributed by atoms with E-state index in [1.807, 2.05) is 30.3 Å². The Labute approximate surface area is 163 Å². The number of hydrogen-bond acceptors (Lipinski definition) is 4. The first-order chi connectivity index (χ1) is 13.6. The molecule has 6 heteroatoms. The Kier molecular flexibility index (Phi) is 4.31. The number of benzene rings is 1. The van der Waals surface area contributed by atoms with Gasteiger partial charge >= 0.3 is 0 Å². The molecule has 1 amide bonds. The average molecular weight is 381 g/mol.